The summed E-state index contributed by atoms with van der Waals surface area (Å²) in [5.41, 5.74) is 7.20. The number of thioether (sulfide) groups is 1. The molecule has 0 atom stereocenters. The van der Waals surface area contributed by atoms with Crippen LogP contribution in [0.2, 0.25) is 10.0 Å². The Balaban J connectivity index is 2.37. The van der Waals surface area contributed by atoms with E-state index < -0.39 is 0 Å². The van der Waals surface area contributed by atoms with E-state index in [9.17, 15) is 4.79 Å². The first-order valence-electron chi connectivity index (χ1n) is 5.58. The van der Waals surface area contributed by atoms with Crippen LogP contribution in [0, 0.1) is 5.92 Å². The maximum atomic E-state index is 11.7. The van der Waals surface area contributed by atoms with E-state index in [2.05, 4.69) is 0 Å². The van der Waals surface area contributed by atoms with Crippen molar-refractivity contribution < 1.29 is 4.79 Å². The van der Waals surface area contributed by atoms with Gasteiger partial charge < -0.3 is 5.73 Å². The fraction of sp³-hybridized carbons (Fsp3) is 0.308. The Labute approximate surface area is 121 Å². The monoisotopic (exact) mass is 301 g/mol. The summed E-state index contributed by atoms with van der Waals surface area (Å²) in [6, 6.07) is 3.49. The van der Waals surface area contributed by atoms with Crippen molar-refractivity contribution in [2.75, 3.05) is 6.26 Å². The number of hydrogen-bond acceptors (Lipinski definition) is 3. The molecule has 0 aliphatic heterocycles. The second kappa shape index (κ2) is 5.55. The maximum absolute atomic E-state index is 11.7. The number of allylic oxidation sites excluding steroid dienone is 1. The third kappa shape index (κ3) is 2.85. The minimum Gasteiger partial charge on any atom is -0.398 e. The van der Waals surface area contributed by atoms with Gasteiger partial charge in [0.05, 0.1) is 10.0 Å². The molecular formula is C13H13Cl2NOS. The number of rotatable bonds is 4. The van der Waals surface area contributed by atoms with E-state index in [0.717, 1.165) is 23.3 Å². The summed E-state index contributed by atoms with van der Waals surface area (Å²) in [6.07, 6.45) is 5.35. The number of ketones is 1. The SMILES string of the molecule is CSc1c(C(N)=CC(=O)C2CC2)ccc(Cl)c1Cl. The van der Waals surface area contributed by atoms with Gasteiger partial charge in [-0.3, -0.25) is 4.79 Å². The van der Waals surface area contributed by atoms with Crippen molar-refractivity contribution in [3.8, 4) is 0 Å². The average Bonchev–Trinajstić information content (AvgIpc) is 3.16. The lowest BCUT2D eigenvalue weighted by Gasteiger charge is -2.10. The fourth-order valence-electron chi connectivity index (χ4n) is 1.68. The minimum absolute atomic E-state index is 0.102. The van der Waals surface area contributed by atoms with Crippen molar-refractivity contribution in [2.24, 2.45) is 11.7 Å². The van der Waals surface area contributed by atoms with E-state index in [0.29, 0.717) is 15.7 Å². The minimum atomic E-state index is 0.102. The summed E-state index contributed by atoms with van der Waals surface area (Å²) >= 11 is 13.6. The maximum Gasteiger partial charge on any atom is 0.160 e. The van der Waals surface area contributed by atoms with Crippen LogP contribution in [-0.4, -0.2) is 12.0 Å². The molecule has 0 bridgehead atoms. The predicted octanol–water partition coefficient (Wildman–Crippen LogP) is 3.99. The molecule has 2 N–H and O–H groups in total. The van der Waals surface area contributed by atoms with Gasteiger partial charge in [-0.1, -0.05) is 29.3 Å². The summed E-state index contributed by atoms with van der Waals surface area (Å²) < 4.78 is 0. The van der Waals surface area contributed by atoms with Gasteiger partial charge in [-0.25, -0.2) is 0 Å². The highest BCUT2D eigenvalue weighted by Crippen LogP contribution is 2.37. The molecule has 18 heavy (non-hydrogen) atoms. The number of halogens is 2. The van der Waals surface area contributed by atoms with Crippen LogP contribution in [0.5, 0.6) is 0 Å². The zero-order valence-electron chi connectivity index (χ0n) is 9.87. The largest absolute Gasteiger partial charge is 0.398 e. The fourth-order valence-corrected chi connectivity index (χ4v) is 2.98. The van der Waals surface area contributed by atoms with E-state index in [-0.39, 0.29) is 11.7 Å². The molecule has 0 unspecified atom stereocenters. The van der Waals surface area contributed by atoms with Crippen LogP contribution in [0.3, 0.4) is 0 Å². The molecule has 1 fully saturated rings. The van der Waals surface area contributed by atoms with Gasteiger partial charge in [0.15, 0.2) is 5.78 Å². The van der Waals surface area contributed by atoms with Crippen LogP contribution >= 0.6 is 35.0 Å². The van der Waals surface area contributed by atoms with Crippen LogP contribution in [0.15, 0.2) is 23.1 Å². The highest BCUT2D eigenvalue weighted by atomic mass is 35.5. The van der Waals surface area contributed by atoms with E-state index in [1.807, 2.05) is 6.26 Å². The molecule has 96 valence electrons. The molecule has 1 aromatic rings. The Morgan fingerprint density at radius 1 is 1.44 bits per heavy atom. The number of carbonyl (C=O) groups excluding carboxylic acids is 1. The molecule has 2 nitrogen and oxygen atoms in total. The van der Waals surface area contributed by atoms with E-state index >= 15 is 0 Å². The first-order chi connectivity index (χ1) is 8.54. The molecular weight excluding hydrogens is 289 g/mol. The lowest BCUT2D eigenvalue weighted by Crippen LogP contribution is -2.04. The summed E-state index contributed by atoms with van der Waals surface area (Å²) in [7, 11) is 0. The van der Waals surface area contributed by atoms with Crippen LogP contribution in [0.1, 0.15) is 18.4 Å². The molecule has 1 aliphatic rings. The zero-order valence-corrected chi connectivity index (χ0v) is 12.2. The normalized spacial score (nSPS) is 15.8. The summed E-state index contributed by atoms with van der Waals surface area (Å²) in [5.74, 6) is 0.273. The van der Waals surface area contributed by atoms with Crippen LogP contribution in [0.25, 0.3) is 5.70 Å². The Morgan fingerprint density at radius 3 is 2.67 bits per heavy atom. The van der Waals surface area contributed by atoms with Gasteiger partial charge in [-0.15, -0.1) is 11.8 Å². The molecule has 0 amide bonds. The average molecular weight is 302 g/mol. The summed E-state index contributed by atoms with van der Waals surface area (Å²) in [6.45, 7) is 0. The molecule has 0 heterocycles. The van der Waals surface area contributed by atoms with Crippen molar-refractivity contribution >= 4 is 46.4 Å². The Kier molecular flexibility index (Phi) is 4.25. The first-order valence-corrected chi connectivity index (χ1v) is 7.56. The van der Waals surface area contributed by atoms with Crippen molar-refractivity contribution in [1.29, 1.82) is 0 Å². The number of benzene rings is 1. The van der Waals surface area contributed by atoms with E-state index in [4.69, 9.17) is 28.9 Å². The number of carbonyl (C=O) groups is 1. The smallest absolute Gasteiger partial charge is 0.160 e. The molecule has 5 heteroatoms. The van der Waals surface area contributed by atoms with Gasteiger partial charge >= 0.3 is 0 Å². The van der Waals surface area contributed by atoms with Crippen LogP contribution in [0.4, 0.5) is 0 Å². The molecule has 0 saturated heterocycles. The van der Waals surface area contributed by atoms with Gasteiger partial charge in [0, 0.05) is 28.1 Å². The van der Waals surface area contributed by atoms with Crippen molar-refractivity contribution in [1.82, 2.24) is 0 Å². The number of nitrogens with two attached hydrogens (primary N) is 1. The topological polar surface area (TPSA) is 43.1 Å². The summed E-state index contributed by atoms with van der Waals surface area (Å²) in [4.78, 5) is 12.5. The van der Waals surface area contributed by atoms with Crippen LogP contribution in [-0.2, 0) is 4.79 Å². The van der Waals surface area contributed by atoms with E-state index in [1.54, 1.807) is 12.1 Å². The third-order valence-corrected chi connectivity index (χ3v) is 4.59. The molecule has 1 saturated carbocycles. The second-order valence-corrected chi connectivity index (χ2v) is 5.82. The van der Waals surface area contributed by atoms with Gasteiger partial charge in [0.1, 0.15) is 0 Å². The van der Waals surface area contributed by atoms with Gasteiger partial charge in [-0.2, -0.15) is 0 Å². The standard InChI is InChI=1S/C13H13Cl2NOS/c1-18-13-8(4-5-9(14)12(13)15)10(16)6-11(17)7-2-3-7/h4-7H,2-3,16H2,1H3. The molecule has 1 aliphatic carbocycles. The van der Waals surface area contributed by atoms with Crippen LogP contribution < -0.4 is 5.73 Å². The Hall–Kier alpha value is -0.640. The summed E-state index contributed by atoms with van der Waals surface area (Å²) in [5, 5.41) is 0.975. The van der Waals surface area contributed by atoms with Crippen molar-refractivity contribution in [3.05, 3.63) is 33.8 Å². The molecule has 0 radical (unpaired) electrons. The third-order valence-electron chi connectivity index (χ3n) is 2.84. The number of hydrogen-bond donors (Lipinski definition) is 1. The molecule has 0 spiro atoms. The Bertz CT molecular complexity index is 524. The van der Waals surface area contributed by atoms with Crippen molar-refractivity contribution in [3.63, 3.8) is 0 Å². The highest BCUT2D eigenvalue weighted by Gasteiger charge is 2.28. The Morgan fingerprint density at radius 2 is 2.11 bits per heavy atom. The zero-order chi connectivity index (χ0) is 13.3. The quantitative estimate of drug-likeness (QED) is 0.675. The van der Waals surface area contributed by atoms with Gasteiger partial charge in [0.2, 0.25) is 0 Å². The lowest BCUT2D eigenvalue weighted by atomic mass is 10.1. The lowest BCUT2D eigenvalue weighted by molar-refractivity contribution is -0.115. The molecule has 2 rings (SSSR count). The first kappa shape index (κ1) is 13.8. The second-order valence-electron chi connectivity index (χ2n) is 4.22. The van der Waals surface area contributed by atoms with Gasteiger partial charge in [0.25, 0.3) is 0 Å². The predicted molar refractivity (Wildman–Crippen MR) is 78.1 cm³/mol. The molecule has 1 aromatic carbocycles. The van der Waals surface area contributed by atoms with Gasteiger partial charge in [-0.05, 0) is 25.2 Å². The van der Waals surface area contributed by atoms with Crippen molar-refractivity contribution in [2.45, 2.75) is 17.7 Å². The highest BCUT2D eigenvalue weighted by molar-refractivity contribution is 7.98. The molecule has 0 aromatic heterocycles. The van der Waals surface area contributed by atoms with E-state index in [1.165, 1.54) is 17.8 Å².